The highest BCUT2D eigenvalue weighted by atomic mass is 79.9. The largest absolute Gasteiger partial charge is 0.398 e. The number of nitrogens with two attached hydrogens (primary N) is 1. The van der Waals surface area contributed by atoms with E-state index in [4.69, 9.17) is 10.5 Å². The molecule has 0 aliphatic heterocycles. The van der Waals surface area contributed by atoms with Crippen molar-refractivity contribution in [3.8, 4) is 0 Å². The van der Waals surface area contributed by atoms with E-state index in [1.807, 2.05) is 6.92 Å². The van der Waals surface area contributed by atoms with Crippen molar-refractivity contribution < 1.29 is 9.53 Å². The lowest BCUT2D eigenvalue weighted by Gasteiger charge is -2.14. The molecule has 3 N–H and O–H groups in total. The molecule has 1 rings (SSSR count). The summed E-state index contributed by atoms with van der Waals surface area (Å²) >= 11 is 3.32. The summed E-state index contributed by atoms with van der Waals surface area (Å²) in [5.74, 6) is -0.160. The summed E-state index contributed by atoms with van der Waals surface area (Å²) in [7, 11) is 1.64. The average Bonchev–Trinajstić information content (AvgIpc) is 2.29. The predicted molar refractivity (Wildman–Crippen MR) is 72.0 cm³/mol. The number of halogens is 1. The lowest BCUT2D eigenvalue weighted by Crippen LogP contribution is -2.33. The fourth-order valence-corrected chi connectivity index (χ4v) is 1.75. The Morgan fingerprint density at radius 2 is 2.29 bits per heavy atom. The Balaban J connectivity index is 2.66. The zero-order valence-corrected chi connectivity index (χ0v) is 11.6. The number of rotatable bonds is 5. The van der Waals surface area contributed by atoms with Crippen LogP contribution < -0.4 is 11.1 Å². The van der Waals surface area contributed by atoms with Crippen molar-refractivity contribution in [1.82, 2.24) is 5.32 Å². The summed E-state index contributed by atoms with van der Waals surface area (Å²) in [5.41, 5.74) is 6.73. The Kier molecular flexibility index (Phi) is 5.44. The van der Waals surface area contributed by atoms with Crippen molar-refractivity contribution in [3.63, 3.8) is 0 Å². The second-order valence-corrected chi connectivity index (χ2v) is 4.80. The van der Waals surface area contributed by atoms with Gasteiger partial charge < -0.3 is 15.8 Å². The zero-order chi connectivity index (χ0) is 12.8. The summed E-state index contributed by atoms with van der Waals surface area (Å²) in [4.78, 5) is 11.9. The third kappa shape index (κ3) is 4.36. The molecule has 4 nitrogen and oxygen atoms in total. The van der Waals surface area contributed by atoms with E-state index < -0.39 is 0 Å². The number of ether oxygens (including phenoxy) is 1. The van der Waals surface area contributed by atoms with Crippen LogP contribution in [0.3, 0.4) is 0 Å². The molecule has 0 spiro atoms. The van der Waals surface area contributed by atoms with Crippen LogP contribution in [0.15, 0.2) is 22.7 Å². The molecule has 0 fully saturated rings. The van der Waals surface area contributed by atoms with Crippen molar-refractivity contribution in [3.05, 3.63) is 28.2 Å². The second-order valence-electron chi connectivity index (χ2n) is 3.89. The molecule has 0 heterocycles. The van der Waals surface area contributed by atoms with Gasteiger partial charge in [-0.25, -0.2) is 0 Å². The molecule has 0 aromatic heterocycles. The fraction of sp³-hybridized carbons (Fsp3) is 0.417. The molecule has 0 bridgehead atoms. The van der Waals surface area contributed by atoms with Crippen molar-refractivity contribution in [1.29, 1.82) is 0 Å². The molecule has 0 saturated carbocycles. The quantitative estimate of drug-likeness (QED) is 0.819. The normalized spacial score (nSPS) is 12.2. The first-order valence-electron chi connectivity index (χ1n) is 5.39. The van der Waals surface area contributed by atoms with E-state index in [0.717, 1.165) is 10.9 Å². The van der Waals surface area contributed by atoms with Gasteiger partial charge in [-0.1, -0.05) is 15.9 Å². The Morgan fingerprint density at radius 1 is 1.59 bits per heavy atom. The van der Waals surface area contributed by atoms with E-state index in [1.54, 1.807) is 25.3 Å². The number of carbonyl (C=O) groups is 1. The van der Waals surface area contributed by atoms with Gasteiger partial charge in [-0.15, -0.1) is 0 Å². The van der Waals surface area contributed by atoms with Gasteiger partial charge in [-0.2, -0.15) is 0 Å². The molecule has 94 valence electrons. The first-order chi connectivity index (χ1) is 8.04. The summed E-state index contributed by atoms with van der Waals surface area (Å²) in [6.07, 6.45) is 0.774. The van der Waals surface area contributed by atoms with Gasteiger partial charge in [0.15, 0.2) is 0 Å². The Labute approximate surface area is 110 Å². The van der Waals surface area contributed by atoms with Gasteiger partial charge in [-0.3, -0.25) is 4.79 Å². The van der Waals surface area contributed by atoms with Crippen LogP contribution in [0, 0.1) is 0 Å². The van der Waals surface area contributed by atoms with Gasteiger partial charge in [0.05, 0.1) is 5.56 Å². The van der Waals surface area contributed by atoms with Gasteiger partial charge in [0.25, 0.3) is 5.91 Å². The molecule has 0 aliphatic rings. The van der Waals surface area contributed by atoms with Crippen LogP contribution >= 0.6 is 15.9 Å². The minimum absolute atomic E-state index is 0.0563. The first-order valence-corrected chi connectivity index (χ1v) is 6.18. The van der Waals surface area contributed by atoms with Crippen LogP contribution in [0.4, 0.5) is 5.69 Å². The highest BCUT2D eigenvalue weighted by Crippen LogP contribution is 2.18. The number of methoxy groups -OCH3 is 1. The summed E-state index contributed by atoms with van der Waals surface area (Å²) in [6, 6.07) is 5.29. The Hall–Kier alpha value is -1.07. The molecule has 0 radical (unpaired) electrons. The molecule has 1 aromatic rings. The van der Waals surface area contributed by atoms with E-state index in [2.05, 4.69) is 21.2 Å². The standard InChI is InChI=1S/C12H17BrN2O2/c1-8(5-6-17-2)15-12(16)10-7-9(13)3-4-11(10)14/h3-4,7-8H,5-6,14H2,1-2H3,(H,15,16). The maximum atomic E-state index is 11.9. The van der Waals surface area contributed by atoms with E-state index in [9.17, 15) is 4.79 Å². The maximum absolute atomic E-state index is 11.9. The van der Waals surface area contributed by atoms with Crippen molar-refractivity contribution in [2.45, 2.75) is 19.4 Å². The number of carbonyl (C=O) groups excluding carboxylic acids is 1. The topological polar surface area (TPSA) is 64.3 Å². The number of anilines is 1. The Bertz CT molecular complexity index is 396. The van der Waals surface area contributed by atoms with Crippen LogP contribution in [-0.2, 0) is 4.74 Å². The second kappa shape index (κ2) is 6.61. The maximum Gasteiger partial charge on any atom is 0.253 e. The number of amides is 1. The van der Waals surface area contributed by atoms with Crippen LogP contribution in [0.1, 0.15) is 23.7 Å². The minimum Gasteiger partial charge on any atom is -0.398 e. The molecule has 1 atom stereocenters. The van der Waals surface area contributed by atoms with Crippen LogP contribution in [0.5, 0.6) is 0 Å². The molecular weight excluding hydrogens is 284 g/mol. The smallest absolute Gasteiger partial charge is 0.253 e. The van der Waals surface area contributed by atoms with Crippen molar-refractivity contribution in [2.75, 3.05) is 19.5 Å². The summed E-state index contributed by atoms with van der Waals surface area (Å²) in [6.45, 7) is 2.56. The lowest BCUT2D eigenvalue weighted by molar-refractivity contribution is 0.0930. The molecule has 5 heteroatoms. The molecule has 1 amide bonds. The number of hydrogen-bond donors (Lipinski definition) is 2. The number of nitrogen functional groups attached to an aromatic ring is 1. The van der Waals surface area contributed by atoms with E-state index >= 15 is 0 Å². The van der Waals surface area contributed by atoms with Crippen molar-refractivity contribution >= 4 is 27.5 Å². The van der Waals surface area contributed by atoms with E-state index in [0.29, 0.717) is 17.9 Å². The number of benzene rings is 1. The summed E-state index contributed by atoms with van der Waals surface area (Å²) < 4.78 is 5.79. The molecule has 0 aliphatic carbocycles. The van der Waals surface area contributed by atoms with E-state index in [-0.39, 0.29) is 11.9 Å². The predicted octanol–water partition coefficient (Wildman–Crippen LogP) is 2.19. The highest BCUT2D eigenvalue weighted by Gasteiger charge is 2.12. The highest BCUT2D eigenvalue weighted by molar-refractivity contribution is 9.10. The lowest BCUT2D eigenvalue weighted by atomic mass is 10.1. The van der Waals surface area contributed by atoms with Gasteiger partial charge >= 0.3 is 0 Å². The van der Waals surface area contributed by atoms with Crippen LogP contribution in [0.25, 0.3) is 0 Å². The van der Waals surface area contributed by atoms with E-state index in [1.165, 1.54) is 0 Å². The average molecular weight is 301 g/mol. The van der Waals surface area contributed by atoms with Crippen LogP contribution in [-0.4, -0.2) is 25.7 Å². The molecule has 0 saturated heterocycles. The van der Waals surface area contributed by atoms with Crippen LogP contribution in [0.2, 0.25) is 0 Å². The first kappa shape index (κ1) is 14.0. The molecule has 17 heavy (non-hydrogen) atoms. The fourth-order valence-electron chi connectivity index (χ4n) is 1.39. The SMILES string of the molecule is COCCC(C)NC(=O)c1cc(Br)ccc1N. The third-order valence-electron chi connectivity index (χ3n) is 2.39. The number of hydrogen-bond acceptors (Lipinski definition) is 3. The van der Waals surface area contributed by atoms with Gasteiger partial charge in [0, 0.05) is 29.9 Å². The zero-order valence-electron chi connectivity index (χ0n) is 10.00. The minimum atomic E-state index is -0.160. The summed E-state index contributed by atoms with van der Waals surface area (Å²) in [5, 5.41) is 2.88. The monoisotopic (exact) mass is 300 g/mol. The molecule has 1 aromatic carbocycles. The number of nitrogens with one attached hydrogen (secondary N) is 1. The molecular formula is C12H17BrN2O2. The Morgan fingerprint density at radius 3 is 2.94 bits per heavy atom. The molecule has 1 unspecified atom stereocenters. The van der Waals surface area contributed by atoms with Gasteiger partial charge in [-0.05, 0) is 31.5 Å². The van der Waals surface area contributed by atoms with Gasteiger partial charge in [0.2, 0.25) is 0 Å². The third-order valence-corrected chi connectivity index (χ3v) is 2.89. The van der Waals surface area contributed by atoms with Crippen molar-refractivity contribution in [2.24, 2.45) is 0 Å². The van der Waals surface area contributed by atoms with Gasteiger partial charge in [0.1, 0.15) is 0 Å².